The Morgan fingerprint density at radius 1 is 0.950 bits per heavy atom. The summed E-state index contributed by atoms with van der Waals surface area (Å²) in [5, 5.41) is 0. The summed E-state index contributed by atoms with van der Waals surface area (Å²) in [6, 6.07) is 10.0. The van der Waals surface area contributed by atoms with E-state index >= 15 is 0 Å². The highest BCUT2D eigenvalue weighted by atomic mass is 35.5. The summed E-state index contributed by atoms with van der Waals surface area (Å²) >= 11 is 5.62. The number of aryl methyl sites for hydroxylation is 1. The van der Waals surface area contributed by atoms with Crippen molar-refractivity contribution < 1.29 is 9.53 Å². The second-order valence-electron chi connectivity index (χ2n) is 5.02. The molecule has 0 fully saturated rings. The van der Waals surface area contributed by atoms with E-state index in [0.717, 1.165) is 31.6 Å². The highest BCUT2D eigenvalue weighted by molar-refractivity contribution is 6.17. The molecule has 0 aromatic heterocycles. The van der Waals surface area contributed by atoms with Crippen molar-refractivity contribution in [3.05, 3.63) is 35.9 Å². The topological polar surface area (TPSA) is 26.3 Å². The fraction of sp³-hybridized carbons (Fsp3) is 0.588. The SMILES string of the molecule is O=C(CCc1ccccc1)OCCCCCCCCCl. The molecule has 2 nitrogen and oxygen atoms in total. The molecular formula is C17H25ClO2. The van der Waals surface area contributed by atoms with Crippen molar-refractivity contribution in [2.45, 2.75) is 51.4 Å². The minimum absolute atomic E-state index is 0.0870. The highest BCUT2D eigenvalue weighted by Gasteiger charge is 2.03. The van der Waals surface area contributed by atoms with Crippen molar-refractivity contribution in [1.29, 1.82) is 0 Å². The zero-order valence-electron chi connectivity index (χ0n) is 12.2. The largest absolute Gasteiger partial charge is 0.466 e. The Morgan fingerprint density at radius 3 is 2.30 bits per heavy atom. The van der Waals surface area contributed by atoms with Gasteiger partial charge in [0.2, 0.25) is 0 Å². The summed E-state index contributed by atoms with van der Waals surface area (Å²) in [6.07, 6.45) is 8.09. The average molecular weight is 297 g/mol. The zero-order valence-corrected chi connectivity index (χ0v) is 12.9. The molecule has 0 atom stereocenters. The van der Waals surface area contributed by atoms with Crippen LogP contribution in [0.3, 0.4) is 0 Å². The van der Waals surface area contributed by atoms with Crippen LogP contribution >= 0.6 is 11.6 Å². The van der Waals surface area contributed by atoms with Crippen LogP contribution in [0, 0.1) is 0 Å². The Labute approximate surface area is 127 Å². The molecule has 20 heavy (non-hydrogen) atoms. The molecule has 3 heteroatoms. The van der Waals surface area contributed by atoms with Gasteiger partial charge in [-0.2, -0.15) is 0 Å². The van der Waals surface area contributed by atoms with Gasteiger partial charge in [0, 0.05) is 12.3 Å². The molecule has 1 aromatic carbocycles. The molecule has 0 saturated heterocycles. The molecule has 0 amide bonds. The van der Waals surface area contributed by atoms with Crippen LogP contribution in [0.2, 0.25) is 0 Å². The van der Waals surface area contributed by atoms with Crippen molar-refractivity contribution in [2.75, 3.05) is 12.5 Å². The first-order valence-corrected chi connectivity index (χ1v) is 8.12. The third-order valence-electron chi connectivity index (χ3n) is 3.25. The van der Waals surface area contributed by atoms with Gasteiger partial charge < -0.3 is 4.74 Å². The predicted octanol–water partition coefficient (Wildman–Crippen LogP) is 4.74. The molecule has 1 aromatic rings. The molecule has 0 spiro atoms. The van der Waals surface area contributed by atoms with Crippen LogP contribution in [0.4, 0.5) is 0 Å². The van der Waals surface area contributed by atoms with Gasteiger partial charge >= 0.3 is 5.97 Å². The highest BCUT2D eigenvalue weighted by Crippen LogP contribution is 2.07. The number of carbonyl (C=O) groups excluding carboxylic acids is 1. The van der Waals surface area contributed by atoms with Gasteiger partial charge in [-0.1, -0.05) is 56.0 Å². The monoisotopic (exact) mass is 296 g/mol. The maximum absolute atomic E-state index is 11.6. The van der Waals surface area contributed by atoms with Gasteiger partial charge in [-0.25, -0.2) is 0 Å². The maximum atomic E-state index is 11.6. The number of rotatable bonds is 11. The van der Waals surface area contributed by atoms with E-state index in [1.165, 1.54) is 24.8 Å². The molecule has 0 heterocycles. The van der Waals surface area contributed by atoms with Crippen molar-refractivity contribution in [1.82, 2.24) is 0 Å². The zero-order chi connectivity index (χ0) is 14.5. The summed E-state index contributed by atoms with van der Waals surface area (Å²) in [4.78, 5) is 11.6. The molecule has 0 bridgehead atoms. The summed E-state index contributed by atoms with van der Waals surface area (Å²) in [5.41, 5.74) is 1.18. The van der Waals surface area contributed by atoms with E-state index in [-0.39, 0.29) is 5.97 Å². The number of alkyl halides is 1. The third kappa shape index (κ3) is 8.98. The van der Waals surface area contributed by atoms with Gasteiger partial charge in [0.1, 0.15) is 0 Å². The Morgan fingerprint density at radius 2 is 1.60 bits per heavy atom. The van der Waals surface area contributed by atoms with Gasteiger partial charge in [-0.3, -0.25) is 4.79 Å². The maximum Gasteiger partial charge on any atom is 0.306 e. The van der Waals surface area contributed by atoms with E-state index in [1.54, 1.807) is 0 Å². The fourth-order valence-corrected chi connectivity index (χ4v) is 2.24. The minimum Gasteiger partial charge on any atom is -0.466 e. The van der Waals surface area contributed by atoms with Crippen molar-refractivity contribution in [3.63, 3.8) is 0 Å². The molecule has 0 radical (unpaired) electrons. The van der Waals surface area contributed by atoms with Crippen LogP contribution in [0.5, 0.6) is 0 Å². The molecule has 0 aliphatic rings. The molecule has 0 aliphatic heterocycles. The number of benzene rings is 1. The Hall–Kier alpha value is -1.02. The van der Waals surface area contributed by atoms with Crippen molar-refractivity contribution in [3.8, 4) is 0 Å². The van der Waals surface area contributed by atoms with Crippen LogP contribution in [0.1, 0.15) is 50.5 Å². The molecule has 0 unspecified atom stereocenters. The molecule has 1 rings (SSSR count). The van der Waals surface area contributed by atoms with Gasteiger partial charge in [0.25, 0.3) is 0 Å². The molecule has 0 aliphatic carbocycles. The Kier molecular flexibility index (Phi) is 10.0. The first kappa shape index (κ1) is 17.0. The Balaban J connectivity index is 1.93. The van der Waals surface area contributed by atoms with Crippen LogP contribution in [0.25, 0.3) is 0 Å². The normalized spacial score (nSPS) is 10.4. The van der Waals surface area contributed by atoms with Crippen LogP contribution < -0.4 is 0 Å². The number of ether oxygens (including phenoxy) is 1. The predicted molar refractivity (Wildman–Crippen MR) is 84.1 cm³/mol. The Bertz CT molecular complexity index is 351. The van der Waals surface area contributed by atoms with Gasteiger partial charge in [-0.05, 0) is 24.8 Å². The molecular weight excluding hydrogens is 272 g/mol. The lowest BCUT2D eigenvalue weighted by molar-refractivity contribution is -0.143. The average Bonchev–Trinajstić information content (AvgIpc) is 2.49. The summed E-state index contributed by atoms with van der Waals surface area (Å²) in [6.45, 7) is 0.559. The van der Waals surface area contributed by atoms with Crippen LogP contribution in [-0.4, -0.2) is 18.5 Å². The van der Waals surface area contributed by atoms with Crippen molar-refractivity contribution in [2.24, 2.45) is 0 Å². The summed E-state index contributed by atoms with van der Waals surface area (Å²) < 4.78 is 5.23. The lowest BCUT2D eigenvalue weighted by atomic mass is 10.1. The van der Waals surface area contributed by atoms with Gasteiger partial charge in [-0.15, -0.1) is 11.6 Å². The van der Waals surface area contributed by atoms with Crippen LogP contribution in [-0.2, 0) is 16.0 Å². The molecule has 112 valence electrons. The summed E-state index contributed by atoms with van der Waals surface area (Å²) in [7, 11) is 0. The van der Waals surface area contributed by atoms with Crippen LogP contribution in [0.15, 0.2) is 30.3 Å². The van der Waals surface area contributed by atoms with E-state index in [1.807, 2.05) is 30.3 Å². The van der Waals surface area contributed by atoms with E-state index < -0.39 is 0 Å². The molecule has 0 saturated carbocycles. The van der Waals surface area contributed by atoms with Crippen molar-refractivity contribution >= 4 is 17.6 Å². The van der Waals surface area contributed by atoms with E-state index in [9.17, 15) is 4.79 Å². The second-order valence-corrected chi connectivity index (χ2v) is 5.39. The van der Waals surface area contributed by atoms with E-state index in [0.29, 0.717) is 13.0 Å². The second kappa shape index (κ2) is 11.8. The third-order valence-corrected chi connectivity index (χ3v) is 3.52. The first-order chi connectivity index (χ1) is 9.83. The standard InChI is InChI=1S/C17H25ClO2/c18-14-8-3-1-2-4-9-15-20-17(19)13-12-16-10-6-5-7-11-16/h5-7,10-11H,1-4,8-9,12-15H2. The first-order valence-electron chi connectivity index (χ1n) is 7.58. The summed E-state index contributed by atoms with van der Waals surface area (Å²) in [5.74, 6) is 0.676. The lowest BCUT2D eigenvalue weighted by Gasteiger charge is -2.05. The molecule has 0 N–H and O–H groups in total. The number of unbranched alkanes of at least 4 members (excludes halogenated alkanes) is 5. The quantitative estimate of drug-likeness (QED) is 0.335. The fourth-order valence-electron chi connectivity index (χ4n) is 2.05. The number of carbonyl (C=O) groups is 1. The number of hydrogen-bond donors (Lipinski definition) is 0. The van der Waals surface area contributed by atoms with E-state index in [2.05, 4.69) is 0 Å². The minimum atomic E-state index is -0.0870. The number of halogens is 1. The smallest absolute Gasteiger partial charge is 0.306 e. The lowest BCUT2D eigenvalue weighted by Crippen LogP contribution is -2.07. The number of esters is 1. The number of hydrogen-bond acceptors (Lipinski definition) is 2. The van der Waals surface area contributed by atoms with E-state index in [4.69, 9.17) is 16.3 Å². The van der Waals surface area contributed by atoms with Gasteiger partial charge in [0.15, 0.2) is 0 Å². The van der Waals surface area contributed by atoms with Gasteiger partial charge in [0.05, 0.1) is 6.61 Å².